The van der Waals surface area contributed by atoms with E-state index >= 15 is 0 Å². The molecule has 0 aromatic heterocycles. The zero-order valence-electron chi connectivity index (χ0n) is 32.0. The van der Waals surface area contributed by atoms with E-state index in [1.165, 1.54) is 0 Å². The van der Waals surface area contributed by atoms with Crippen LogP contribution in [0.25, 0.3) is 0 Å². The number of methoxy groups -OCH3 is 2. The first kappa shape index (κ1) is 46.5. The van der Waals surface area contributed by atoms with Crippen LogP contribution in [0.15, 0.2) is 0 Å². The second-order valence-corrected chi connectivity index (χ2v) is 12.9. The van der Waals surface area contributed by atoms with E-state index in [2.05, 4.69) is 0 Å². The van der Waals surface area contributed by atoms with Crippen LogP contribution in [0, 0.1) is 0 Å². The van der Waals surface area contributed by atoms with Gasteiger partial charge in [-0.05, 0) is 76.2 Å². The van der Waals surface area contributed by atoms with Crippen LogP contribution >= 0.6 is 0 Å². The Morgan fingerprint density at radius 3 is 0.532 bits per heavy atom. The molecule has 284 valence electrons. The molecule has 0 spiro atoms. The molecule has 0 radical (unpaired) electrons. The molecule has 0 N–H and O–H groups in total. The highest BCUT2D eigenvalue weighted by molar-refractivity contribution is 4.61. The maximum Gasteiger partial charge on any atom is 0.0781 e. The van der Waals surface area contributed by atoms with Crippen molar-refractivity contribution in [2.45, 2.75) is 143 Å². The zero-order chi connectivity index (χ0) is 35.6. The Balaban J connectivity index is 3.92. The first-order valence-corrected chi connectivity index (χ1v) is 17.4. The lowest BCUT2D eigenvalue weighted by Gasteiger charge is -2.23. The lowest BCUT2D eigenvalue weighted by molar-refractivity contribution is -0.113. The van der Waals surface area contributed by atoms with Crippen LogP contribution in [0.2, 0.25) is 0 Å². The normalized spacial score (nSPS) is 19.3. The highest BCUT2D eigenvalue weighted by atomic mass is 16.6. The molecule has 0 aliphatic heterocycles. The van der Waals surface area contributed by atoms with E-state index in [4.69, 9.17) is 56.8 Å². The molecule has 0 bridgehead atoms. The molecule has 11 atom stereocenters. The molecule has 0 aliphatic carbocycles. The third-order valence-corrected chi connectivity index (χ3v) is 6.96. The predicted molar refractivity (Wildman–Crippen MR) is 182 cm³/mol. The molecular formula is C35H72O12. The maximum atomic E-state index is 5.93. The maximum absolute atomic E-state index is 5.93. The summed E-state index contributed by atoms with van der Waals surface area (Å²) in [7, 11) is 3.34. The van der Waals surface area contributed by atoms with E-state index in [0.29, 0.717) is 72.7 Å². The molecule has 12 heteroatoms. The summed E-state index contributed by atoms with van der Waals surface area (Å²) >= 11 is 0. The van der Waals surface area contributed by atoms with Gasteiger partial charge in [0.1, 0.15) is 0 Å². The summed E-state index contributed by atoms with van der Waals surface area (Å²) in [5.74, 6) is 0. The molecule has 0 heterocycles. The molecule has 0 saturated carbocycles. The van der Waals surface area contributed by atoms with E-state index in [1.807, 2.05) is 76.2 Å². The number of hydrogen-bond donors (Lipinski definition) is 0. The van der Waals surface area contributed by atoms with Crippen LogP contribution in [0.3, 0.4) is 0 Å². The van der Waals surface area contributed by atoms with Crippen molar-refractivity contribution in [2.75, 3.05) is 86.9 Å². The van der Waals surface area contributed by atoms with Gasteiger partial charge in [-0.2, -0.15) is 0 Å². The molecule has 47 heavy (non-hydrogen) atoms. The first-order valence-electron chi connectivity index (χ1n) is 17.4. The van der Waals surface area contributed by atoms with Gasteiger partial charge >= 0.3 is 0 Å². The zero-order valence-corrected chi connectivity index (χ0v) is 32.0. The van der Waals surface area contributed by atoms with Gasteiger partial charge in [-0.1, -0.05) is 0 Å². The lowest BCUT2D eigenvalue weighted by atomic mass is 10.3. The van der Waals surface area contributed by atoms with Crippen molar-refractivity contribution in [1.29, 1.82) is 0 Å². The van der Waals surface area contributed by atoms with E-state index in [9.17, 15) is 0 Å². The fourth-order valence-electron chi connectivity index (χ4n) is 3.78. The second-order valence-electron chi connectivity index (χ2n) is 12.9. The monoisotopic (exact) mass is 685 g/mol. The smallest absolute Gasteiger partial charge is 0.0781 e. The molecule has 0 fully saturated rings. The fraction of sp³-hybridized carbons (Fsp3) is 1.00. The van der Waals surface area contributed by atoms with Gasteiger partial charge in [0.15, 0.2) is 0 Å². The summed E-state index contributed by atoms with van der Waals surface area (Å²) in [5.41, 5.74) is 0. The summed E-state index contributed by atoms with van der Waals surface area (Å²) < 4.78 is 68.8. The molecular weight excluding hydrogens is 612 g/mol. The average molecular weight is 685 g/mol. The van der Waals surface area contributed by atoms with Crippen LogP contribution in [-0.4, -0.2) is 154 Å². The summed E-state index contributed by atoms with van der Waals surface area (Å²) in [6, 6.07) is 0. The van der Waals surface area contributed by atoms with Crippen molar-refractivity contribution >= 4 is 0 Å². The third kappa shape index (κ3) is 29.0. The number of hydrogen-bond acceptors (Lipinski definition) is 12. The average Bonchev–Trinajstić information content (AvgIpc) is 3.05. The molecule has 0 rings (SSSR count). The van der Waals surface area contributed by atoms with Gasteiger partial charge in [0.05, 0.1) is 140 Å². The Bertz CT molecular complexity index is 689. The van der Waals surface area contributed by atoms with Gasteiger partial charge < -0.3 is 56.8 Å². The second kappa shape index (κ2) is 29.3. The highest BCUT2D eigenvalue weighted by Crippen LogP contribution is 2.06. The molecule has 0 aromatic carbocycles. The topological polar surface area (TPSA) is 111 Å². The van der Waals surface area contributed by atoms with E-state index < -0.39 is 0 Å². The van der Waals surface area contributed by atoms with Crippen molar-refractivity contribution in [2.24, 2.45) is 0 Å². The summed E-state index contributed by atoms with van der Waals surface area (Å²) in [6.45, 7) is 27.3. The standard InChI is InChI=1S/C35H72O12/c1-25(37-13)15-38-27(3)17-40-29(5)19-42-31(7)21-44-33(9)23-46-35(11)24-47-34(10)22-45-32(8)20-43-30(6)18-41-28(4)16-39-26(2)14-36-12/h25-35H,14-24H2,1-13H3. The van der Waals surface area contributed by atoms with Crippen molar-refractivity contribution in [3.05, 3.63) is 0 Å². The first-order chi connectivity index (χ1) is 22.2. The Labute approximate surface area is 287 Å². The number of ether oxygens (including phenoxy) is 12. The largest absolute Gasteiger partial charge is 0.382 e. The summed E-state index contributed by atoms with van der Waals surface area (Å²) in [6.07, 6.45) is -0.343. The quantitative estimate of drug-likeness (QED) is 0.0954. The molecule has 11 unspecified atom stereocenters. The molecule has 12 nitrogen and oxygen atoms in total. The van der Waals surface area contributed by atoms with Gasteiger partial charge in [-0.15, -0.1) is 0 Å². The van der Waals surface area contributed by atoms with Crippen molar-refractivity contribution < 1.29 is 56.8 Å². The van der Waals surface area contributed by atoms with Gasteiger partial charge in [0, 0.05) is 14.2 Å². The Hall–Kier alpha value is -0.480. The lowest BCUT2D eigenvalue weighted by Crippen LogP contribution is -2.31. The minimum absolute atomic E-state index is 0.00708. The SMILES string of the molecule is COCC(C)OCC(C)OCC(C)OCC(C)OCC(C)OCC(C)OCC(C)OCC(C)OCC(C)OCC(C)OCC(C)OC. The molecule has 0 aliphatic rings. The Morgan fingerprint density at radius 1 is 0.234 bits per heavy atom. The van der Waals surface area contributed by atoms with Crippen LogP contribution in [0.1, 0.15) is 76.2 Å². The van der Waals surface area contributed by atoms with Crippen molar-refractivity contribution in [1.82, 2.24) is 0 Å². The fourth-order valence-corrected chi connectivity index (χ4v) is 3.78. The van der Waals surface area contributed by atoms with Crippen molar-refractivity contribution in [3.8, 4) is 0 Å². The van der Waals surface area contributed by atoms with E-state index in [1.54, 1.807) is 14.2 Å². The predicted octanol–water partition coefficient (Wildman–Crippen LogP) is 4.72. The summed E-state index contributed by atoms with van der Waals surface area (Å²) in [5, 5.41) is 0. The van der Waals surface area contributed by atoms with Crippen LogP contribution in [0.5, 0.6) is 0 Å². The molecule has 0 amide bonds. The Kier molecular flexibility index (Phi) is 29.0. The van der Waals surface area contributed by atoms with Crippen molar-refractivity contribution in [3.63, 3.8) is 0 Å². The third-order valence-electron chi connectivity index (χ3n) is 6.96. The van der Waals surface area contributed by atoms with Crippen LogP contribution in [0.4, 0.5) is 0 Å². The van der Waals surface area contributed by atoms with Gasteiger partial charge in [-0.3, -0.25) is 0 Å². The van der Waals surface area contributed by atoms with Crippen LogP contribution in [-0.2, 0) is 56.8 Å². The van der Waals surface area contributed by atoms with Gasteiger partial charge in [0.2, 0.25) is 0 Å². The summed E-state index contributed by atoms with van der Waals surface area (Å²) in [4.78, 5) is 0. The number of rotatable bonds is 33. The molecule has 0 saturated heterocycles. The Morgan fingerprint density at radius 2 is 0.383 bits per heavy atom. The van der Waals surface area contributed by atoms with Gasteiger partial charge in [-0.25, -0.2) is 0 Å². The van der Waals surface area contributed by atoms with E-state index in [-0.39, 0.29) is 67.1 Å². The van der Waals surface area contributed by atoms with Crippen LogP contribution < -0.4 is 0 Å². The van der Waals surface area contributed by atoms with Gasteiger partial charge in [0.25, 0.3) is 0 Å². The highest BCUT2D eigenvalue weighted by Gasteiger charge is 2.16. The molecule has 0 aromatic rings. The minimum atomic E-state index is -0.0724. The van der Waals surface area contributed by atoms with E-state index in [0.717, 1.165) is 0 Å². The minimum Gasteiger partial charge on any atom is -0.382 e.